The van der Waals surface area contributed by atoms with E-state index in [0.717, 1.165) is 22.3 Å². The van der Waals surface area contributed by atoms with E-state index in [4.69, 9.17) is 4.52 Å². The van der Waals surface area contributed by atoms with Gasteiger partial charge in [0.05, 0.1) is 0 Å². The minimum atomic E-state index is -1.75. The molecule has 1 aliphatic rings. The molecule has 4 rings (SSSR count). The van der Waals surface area contributed by atoms with E-state index >= 15 is 0 Å². The average Bonchev–Trinajstić information content (AvgIpc) is 3.31. The van der Waals surface area contributed by atoms with Crippen molar-refractivity contribution in [3.8, 4) is 11.1 Å². The molecule has 2 amide bonds. The maximum absolute atomic E-state index is 13.9. The number of alkyl halides is 1. The molecule has 0 unspecified atom stereocenters. The first-order chi connectivity index (χ1) is 15.5. The molecule has 1 aromatic carbocycles. The Hall–Kier alpha value is -3.62. The van der Waals surface area contributed by atoms with E-state index in [2.05, 4.69) is 25.8 Å². The van der Waals surface area contributed by atoms with Crippen LogP contribution >= 0.6 is 0 Å². The van der Waals surface area contributed by atoms with Crippen molar-refractivity contribution in [2.45, 2.75) is 58.2 Å². The number of aromatic nitrogens is 3. The Labute approximate surface area is 191 Å². The summed E-state index contributed by atoms with van der Waals surface area (Å²) in [5, 5.41) is 9.12. The predicted octanol–water partition coefficient (Wildman–Crippen LogP) is 4.11. The van der Waals surface area contributed by atoms with E-state index < -0.39 is 17.5 Å². The molecule has 3 aromatic rings. The summed E-state index contributed by atoms with van der Waals surface area (Å²) < 4.78 is 19.1. The Kier molecular flexibility index (Phi) is 5.73. The fourth-order valence-electron chi connectivity index (χ4n) is 3.19. The van der Waals surface area contributed by atoms with Gasteiger partial charge in [-0.05, 0) is 54.2 Å². The number of rotatable bonds is 6. The third-order valence-corrected chi connectivity index (χ3v) is 5.48. The minimum absolute atomic E-state index is 0.00168. The van der Waals surface area contributed by atoms with Gasteiger partial charge >= 0.3 is 0 Å². The van der Waals surface area contributed by atoms with Gasteiger partial charge in [-0.3, -0.25) is 9.59 Å². The number of hydrogen-bond donors (Lipinski definition) is 2. The van der Waals surface area contributed by atoms with Gasteiger partial charge in [-0.2, -0.15) is 4.98 Å². The fourth-order valence-corrected chi connectivity index (χ4v) is 3.19. The number of pyridine rings is 1. The van der Waals surface area contributed by atoms with Gasteiger partial charge in [0.25, 0.3) is 17.6 Å². The molecule has 0 saturated heterocycles. The van der Waals surface area contributed by atoms with Crippen LogP contribution < -0.4 is 10.6 Å². The number of anilines is 1. The van der Waals surface area contributed by atoms with Crippen LogP contribution in [0.4, 0.5) is 10.2 Å². The number of benzene rings is 1. The van der Waals surface area contributed by atoms with Crippen LogP contribution in [0, 0.1) is 6.92 Å². The molecule has 9 heteroatoms. The summed E-state index contributed by atoms with van der Waals surface area (Å²) in [5.41, 5.74) is 1.57. The number of hydrogen-bond acceptors (Lipinski definition) is 6. The second-order valence-corrected chi connectivity index (χ2v) is 9.35. The van der Waals surface area contributed by atoms with Crippen molar-refractivity contribution < 1.29 is 18.5 Å². The van der Waals surface area contributed by atoms with Crippen molar-refractivity contribution in [1.82, 2.24) is 20.4 Å². The number of carbonyl (C=O) groups is 2. The molecule has 1 fully saturated rings. The quantitative estimate of drug-likeness (QED) is 0.584. The normalized spacial score (nSPS) is 14.6. The van der Waals surface area contributed by atoms with Crippen molar-refractivity contribution in [2.24, 2.45) is 0 Å². The summed E-state index contributed by atoms with van der Waals surface area (Å²) in [6.45, 7) is 8.04. The van der Waals surface area contributed by atoms with Crippen molar-refractivity contribution in [1.29, 1.82) is 0 Å². The van der Waals surface area contributed by atoms with Gasteiger partial charge in [-0.25, -0.2) is 9.37 Å². The van der Waals surface area contributed by atoms with Crippen molar-refractivity contribution in [3.63, 3.8) is 0 Å². The molecule has 0 atom stereocenters. The van der Waals surface area contributed by atoms with Crippen LogP contribution in [-0.4, -0.2) is 32.6 Å². The first-order valence-electron chi connectivity index (χ1n) is 10.7. The largest absolute Gasteiger partial charge is 0.345 e. The fraction of sp³-hybridized carbons (Fsp3) is 0.375. The second-order valence-electron chi connectivity index (χ2n) is 9.35. The summed E-state index contributed by atoms with van der Waals surface area (Å²) in [4.78, 5) is 32.6. The minimum Gasteiger partial charge on any atom is -0.345 e. The maximum atomic E-state index is 13.9. The molecule has 0 bridgehead atoms. The Bertz CT molecular complexity index is 1210. The molecule has 2 N–H and O–H groups in total. The maximum Gasteiger partial charge on any atom is 0.292 e. The molecule has 33 heavy (non-hydrogen) atoms. The van der Waals surface area contributed by atoms with Crippen LogP contribution in [0.2, 0.25) is 0 Å². The van der Waals surface area contributed by atoms with E-state index in [1.165, 1.54) is 0 Å². The number of aryl methyl sites for hydroxylation is 1. The summed E-state index contributed by atoms with van der Waals surface area (Å²) in [7, 11) is 0. The van der Waals surface area contributed by atoms with Gasteiger partial charge in [-0.15, -0.1) is 0 Å². The number of amides is 2. The van der Waals surface area contributed by atoms with E-state index in [0.29, 0.717) is 18.3 Å². The third-order valence-electron chi connectivity index (χ3n) is 5.48. The Morgan fingerprint density at radius 3 is 2.52 bits per heavy atom. The predicted molar refractivity (Wildman–Crippen MR) is 120 cm³/mol. The standard InChI is InChI=1S/C24H26FN5O3/c1-14-11-15(16-7-10-26-18(12-16)28-21(32)24(25)8-9-24)5-6-17(14)13-27-20(31)19-29-22(33-30-19)23(2,3)4/h5-7,10-12H,8-9,13H2,1-4H3,(H,27,31)(H,26,28,32). The lowest BCUT2D eigenvalue weighted by molar-refractivity contribution is -0.122. The molecule has 1 saturated carbocycles. The Balaban J connectivity index is 1.42. The molecule has 2 heterocycles. The molecular weight excluding hydrogens is 425 g/mol. The summed E-state index contributed by atoms with van der Waals surface area (Å²) in [6, 6.07) is 9.34. The van der Waals surface area contributed by atoms with Crippen molar-refractivity contribution in [2.75, 3.05) is 5.32 Å². The average molecular weight is 452 g/mol. The highest BCUT2D eigenvalue weighted by Crippen LogP contribution is 2.40. The van der Waals surface area contributed by atoms with Gasteiger partial charge < -0.3 is 15.2 Å². The summed E-state index contributed by atoms with van der Waals surface area (Å²) in [5.74, 6) is -0.342. The van der Waals surface area contributed by atoms with E-state index in [9.17, 15) is 14.0 Å². The van der Waals surface area contributed by atoms with E-state index in [1.54, 1.807) is 12.3 Å². The highest BCUT2D eigenvalue weighted by atomic mass is 19.1. The van der Waals surface area contributed by atoms with Crippen LogP contribution in [0.1, 0.15) is 61.2 Å². The zero-order valence-electron chi connectivity index (χ0n) is 19.0. The molecule has 172 valence electrons. The van der Waals surface area contributed by atoms with Crippen LogP contribution in [-0.2, 0) is 16.8 Å². The number of nitrogens with zero attached hydrogens (tertiary/aromatic N) is 3. The van der Waals surface area contributed by atoms with Gasteiger partial charge in [0.2, 0.25) is 5.89 Å². The Morgan fingerprint density at radius 1 is 1.15 bits per heavy atom. The highest BCUT2D eigenvalue weighted by Gasteiger charge is 2.51. The van der Waals surface area contributed by atoms with Gasteiger partial charge in [0.15, 0.2) is 5.67 Å². The SMILES string of the molecule is Cc1cc(-c2ccnc(NC(=O)C3(F)CC3)c2)ccc1CNC(=O)c1noc(C(C)(C)C)n1. The lowest BCUT2D eigenvalue weighted by Gasteiger charge is -2.11. The topological polar surface area (TPSA) is 110 Å². The van der Waals surface area contributed by atoms with E-state index in [-0.39, 0.29) is 24.1 Å². The van der Waals surface area contributed by atoms with Crippen LogP contribution in [0.3, 0.4) is 0 Å². The lowest BCUT2D eigenvalue weighted by atomic mass is 9.97. The molecular formula is C24H26FN5O3. The summed E-state index contributed by atoms with van der Waals surface area (Å²) >= 11 is 0. The molecule has 2 aromatic heterocycles. The first-order valence-corrected chi connectivity index (χ1v) is 10.7. The second kappa shape index (κ2) is 8.38. The molecule has 0 aliphatic heterocycles. The number of nitrogens with one attached hydrogen (secondary N) is 2. The van der Waals surface area contributed by atoms with Crippen LogP contribution in [0.25, 0.3) is 11.1 Å². The molecule has 0 radical (unpaired) electrons. The summed E-state index contributed by atoms with van der Waals surface area (Å²) in [6.07, 6.45) is 2.07. The van der Waals surface area contributed by atoms with Gasteiger partial charge in [0, 0.05) is 18.2 Å². The van der Waals surface area contributed by atoms with Crippen LogP contribution in [0.5, 0.6) is 0 Å². The van der Waals surface area contributed by atoms with Crippen molar-refractivity contribution in [3.05, 3.63) is 59.4 Å². The van der Waals surface area contributed by atoms with Crippen LogP contribution in [0.15, 0.2) is 41.1 Å². The van der Waals surface area contributed by atoms with Crippen molar-refractivity contribution >= 4 is 17.6 Å². The third kappa shape index (κ3) is 5.08. The molecule has 8 nitrogen and oxygen atoms in total. The monoisotopic (exact) mass is 451 g/mol. The highest BCUT2D eigenvalue weighted by molar-refractivity contribution is 5.99. The zero-order chi connectivity index (χ0) is 23.8. The first kappa shape index (κ1) is 22.6. The molecule has 0 spiro atoms. The van der Waals surface area contributed by atoms with Gasteiger partial charge in [-0.1, -0.05) is 44.1 Å². The number of halogens is 1. The smallest absolute Gasteiger partial charge is 0.292 e. The van der Waals surface area contributed by atoms with Gasteiger partial charge in [0.1, 0.15) is 5.82 Å². The number of carbonyl (C=O) groups excluding carboxylic acids is 2. The Morgan fingerprint density at radius 2 is 1.88 bits per heavy atom. The lowest BCUT2D eigenvalue weighted by Crippen LogP contribution is -2.25. The zero-order valence-corrected chi connectivity index (χ0v) is 19.0. The molecule has 1 aliphatic carbocycles. The van der Waals surface area contributed by atoms with E-state index in [1.807, 2.05) is 52.0 Å².